The molecule has 0 bridgehead atoms. The Labute approximate surface area is 144 Å². The van der Waals surface area contributed by atoms with Gasteiger partial charge in [-0.25, -0.2) is 14.4 Å². The molecule has 1 spiro atoms. The quantitative estimate of drug-likeness (QED) is 0.921. The van der Waals surface area contributed by atoms with Crippen molar-refractivity contribution in [1.29, 1.82) is 0 Å². The van der Waals surface area contributed by atoms with Gasteiger partial charge in [-0.3, -0.25) is 4.90 Å². The molecular formula is C17H21FN4OS. The molecular weight excluding hydrogens is 327 g/mol. The molecule has 2 aliphatic rings. The summed E-state index contributed by atoms with van der Waals surface area (Å²) in [6.07, 6.45) is 4.36. The third kappa shape index (κ3) is 3.43. The molecule has 24 heavy (non-hydrogen) atoms. The van der Waals surface area contributed by atoms with Crippen molar-refractivity contribution in [3.8, 4) is 0 Å². The topological polar surface area (TPSA) is 50.3 Å². The molecule has 2 fully saturated rings. The van der Waals surface area contributed by atoms with Crippen LogP contribution in [0, 0.1) is 12.7 Å². The molecule has 0 aromatic carbocycles. The van der Waals surface area contributed by atoms with E-state index in [2.05, 4.69) is 39.2 Å². The van der Waals surface area contributed by atoms with E-state index < -0.39 is 5.82 Å². The number of aromatic nitrogens is 2. The number of hydrogen-bond acceptors (Lipinski definition) is 6. The van der Waals surface area contributed by atoms with Crippen molar-refractivity contribution in [2.45, 2.75) is 38.0 Å². The predicted molar refractivity (Wildman–Crippen MR) is 91.7 cm³/mol. The fourth-order valence-electron chi connectivity index (χ4n) is 3.64. The van der Waals surface area contributed by atoms with E-state index in [1.54, 1.807) is 0 Å². The summed E-state index contributed by atoms with van der Waals surface area (Å²) in [5.41, 5.74) is -0.0655. The van der Waals surface area contributed by atoms with Crippen LogP contribution in [0.4, 0.5) is 10.3 Å². The molecule has 0 unspecified atom stereocenters. The monoisotopic (exact) mass is 348 g/mol. The van der Waals surface area contributed by atoms with Crippen molar-refractivity contribution >= 4 is 17.3 Å². The van der Waals surface area contributed by atoms with Crippen LogP contribution < -0.4 is 5.32 Å². The van der Waals surface area contributed by atoms with Crippen molar-refractivity contribution < 1.29 is 9.13 Å². The van der Waals surface area contributed by atoms with Gasteiger partial charge in [-0.1, -0.05) is 0 Å². The Morgan fingerprint density at radius 3 is 3.00 bits per heavy atom. The molecule has 0 saturated carbocycles. The van der Waals surface area contributed by atoms with Crippen LogP contribution in [0.5, 0.6) is 0 Å². The second kappa shape index (κ2) is 6.38. The molecule has 5 nitrogen and oxygen atoms in total. The number of halogens is 1. The summed E-state index contributed by atoms with van der Waals surface area (Å²) in [5.74, 6) is 0.0425. The standard InChI is InChI=1S/C17H21FN4OS/c1-12-2-3-15(24-12)9-22-5-4-17(11-22)6-14(10-23-17)21-16-19-7-13(18)8-20-16/h2-3,7-8,14H,4-6,9-11H2,1H3,(H,19,20,21)/t14-,17-/m1/s1. The zero-order valence-corrected chi connectivity index (χ0v) is 14.5. The van der Waals surface area contributed by atoms with Gasteiger partial charge < -0.3 is 10.1 Å². The number of ether oxygens (including phenoxy) is 1. The number of likely N-dealkylation sites (tertiary alicyclic amines) is 1. The molecule has 2 atom stereocenters. The number of anilines is 1. The van der Waals surface area contributed by atoms with Gasteiger partial charge in [-0.2, -0.15) is 0 Å². The summed E-state index contributed by atoms with van der Waals surface area (Å²) in [4.78, 5) is 13.2. The zero-order valence-electron chi connectivity index (χ0n) is 13.7. The van der Waals surface area contributed by atoms with Crippen molar-refractivity contribution in [2.24, 2.45) is 0 Å². The number of hydrogen-bond donors (Lipinski definition) is 1. The van der Waals surface area contributed by atoms with Crippen LogP contribution >= 0.6 is 11.3 Å². The van der Waals surface area contributed by atoms with E-state index in [1.807, 2.05) is 11.3 Å². The lowest BCUT2D eigenvalue weighted by molar-refractivity contribution is 0.0120. The van der Waals surface area contributed by atoms with E-state index >= 15 is 0 Å². The van der Waals surface area contributed by atoms with E-state index in [0.717, 1.165) is 32.5 Å². The van der Waals surface area contributed by atoms with Crippen molar-refractivity contribution in [2.75, 3.05) is 25.0 Å². The average molecular weight is 348 g/mol. The van der Waals surface area contributed by atoms with Gasteiger partial charge >= 0.3 is 0 Å². The van der Waals surface area contributed by atoms with E-state index in [1.165, 1.54) is 22.1 Å². The Hall–Kier alpha value is -1.57. The van der Waals surface area contributed by atoms with Crippen LogP contribution in [0.25, 0.3) is 0 Å². The first-order valence-corrected chi connectivity index (χ1v) is 9.08. The van der Waals surface area contributed by atoms with E-state index in [-0.39, 0.29) is 11.6 Å². The van der Waals surface area contributed by atoms with Gasteiger partial charge in [0.25, 0.3) is 0 Å². The highest BCUT2D eigenvalue weighted by atomic mass is 32.1. The van der Waals surface area contributed by atoms with E-state index in [0.29, 0.717) is 12.6 Å². The largest absolute Gasteiger partial charge is 0.371 e. The molecule has 4 heterocycles. The van der Waals surface area contributed by atoms with Crippen LogP contribution in [0.15, 0.2) is 24.5 Å². The van der Waals surface area contributed by atoms with Crippen molar-refractivity contribution in [1.82, 2.24) is 14.9 Å². The van der Waals surface area contributed by atoms with Gasteiger partial charge in [-0.15, -0.1) is 11.3 Å². The first kappa shape index (κ1) is 15.9. The van der Waals surface area contributed by atoms with Gasteiger partial charge in [0, 0.05) is 35.8 Å². The lowest BCUT2D eigenvalue weighted by Gasteiger charge is -2.23. The van der Waals surface area contributed by atoms with Crippen LogP contribution in [0.3, 0.4) is 0 Å². The predicted octanol–water partition coefficient (Wildman–Crippen LogP) is 2.83. The number of nitrogens with one attached hydrogen (secondary N) is 1. The Balaban J connectivity index is 1.33. The minimum Gasteiger partial charge on any atom is -0.371 e. The Kier molecular flexibility index (Phi) is 4.24. The highest BCUT2D eigenvalue weighted by molar-refractivity contribution is 7.11. The lowest BCUT2D eigenvalue weighted by atomic mass is 9.97. The number of nitrogens with zero attached hydrogens (tertiary/aromatic N) is 3. The first-order valence-electron chi connectivity index (χ1n) is 8.26. The number of aryl methyl sites for hydroxylation is 1. The minimum absolute atomic E-state index is 0.0655. The second-order valence-corrected chi connectivity index (χ2v) is 8.11. The van der Waals surface area contributed by atoms with Gasteiger partial charge in [0.15, 0.2) is 5.82 Å². The Morgan fingerprint density at radius 2 is 2.25 bits per heavy atom. The summed E-state index contributed by atoms with van der Waals surface area (Å²) >= 11 is 1.87. The maximum Gasteiger partial charge on any atom is 0.223 e. The second-order valence-electron chi connectivity index (χ2n) is 6.74. The number of rotatable bonds is 4. The summed E-state index contributed by atoms with van der Waals surface area (Å²) < 4.78 is 19.0. The molecule has 4 rings (SSSR count). The van der Waals surface area contributed by atoms with Gasteiger partial charge in [0.2, 0.25) is 5.95 Å². The molecule has 1 N–H and O–H groups in total. The maximum absolute atomic E-state index is 12.9. The van der Waals surface area contributed by atoms with Crippen LogP contribution in [-0.4, -0.2) is 46.2 Å². The minimum atomic E-state index is -0.421. The van der Waals surface area contributed by atoms with Crippen LogP contribution in [0.1, 0.15) is 22.6 Å². The molecule has 2 aromatic heterocycles. The van der Waals surface area contributed by atoms with Crippen molar-refractivity contribution in [3.05, 3.63) is 40.1 Å². The van der Waals surface area contributed by atoms with E-state index in [9.17, 15) is 4.39 Å². The van der Waals surface area contributed by atoms with Gasteiger partial charge in [0.1, 0.15) is 0 Å². The van der Waals surface area contributed by atoms with Crippen LogP contribution in [-0.2, 0) is 11.3 Å². The third-order valence-electron chi connectivity index (χ3n) is 4.73. The molecule has 2 aromatic rings. The fourth-order valence-corrected chi connectivity index (χ4v) is 4.58. The summed E-state index contributed by atoms with van der Waals surface area (Å²) in [5, 5.41) is 3.26. The molecule has 0 radical (unpaired) electrons. The van der Waals surface area contributed by atoms with Crippen molar-refractivity contribution in [3.63, 3.8) is 0 Å². The highest BCUT2D eigenvalue weighted by Gasteiger charge is 2.45. The average Bonchev–Trinajstić information content (AvgIpc) is 3.25. The molecule has 2 saturated heterocycles. The maximum atomic E-state index is 12.9. The summed E-state index contributed by atoms with van der Waals surface area (Å²) in [6.45, 7) is 5.83. The fraction of sp³-hybridized carbons (Fsp3) is 0.529. The third-order valence-corrected chi connectivity index (χ3v) is 5.72. The molecule has 2 aliphatic heterocycles. The van der Waals surface area contributed by atoms with Crippen LogP contribution in [0.2, 0.25) is 0 Å². The smallest absolute Gasteiger partial charge is 0.223 e. The zero-order chi connectivity index (χ0) is 16.6. The first-order chi connectivity index (χ1) is 11.6. The molecule has 128 valence electrons. The SMILES string of the molecule is Cc1ccc(CN2CC[C@@]3(C[C@@H](Nc4ncc(F)cn4)CO3)C2)s1. The Bertz CT molecular complexity index is 707. The molecule has 0 amide bonds. The molecule has 0 aliphatic carbocycles. The number of thiophene rings is 1. The van der Waals surface area contributed by atoms with Gasteiger partial charge in [-0.05, 0) is 25.5 Å². The summed E-state index contributed by atoms with van der Waals surface area (Å²) in [7, 11) is 0. The highest BCUT2D eigenvalue weighted by Crippen LogP contribution is 2.36. The summed E-state index contributed by atoms with van der Waals surface area (Å²) in [6, 6.07) is 4.58. The lowest BCUT2D eigenvalue weighted by Crippen LogP contribution is -2.33. The van der Waals surface area contributed by atoms with Gasteiger partial charge in [0.05, 0.1) is 30.6 Å². The van der Waals surface area contributed by atoms with E-state index in [4.69, 9.17) is 4.74 Å². The Morgan fingerprint density at radius 1 is 1.42 bits per heavy atom. The normalized spacial score (nSPS) is 27.2. The molecule has 7 heteroatoms.